The van der Waals surface area contributed by atoms with Crippen molar-refractivity contribution in [1.29, 1.82) is 0 Å². The fourth-order valence-electron chi connectivity index (χ4n) is 3.43. The van der Waals surface area contributed by atoms with Gasteiger partial charge in [-0.25, -0.2) is 0 Å². The predicted octanol–water partition coefficient (Wildman–Crippen LogP) is 5.39. The number of benzene rings is 2. The monoisotopic (exact) mass is 360 g/mol. The van der Waals surface area contributed by atoms with Crippen LogP contribution in [0.1, 0.15) is 17.7 Å². The minimum absolute atomic E-state index is 0.406. The molecular weight excluding hydrogens is 340 g/mol. The third-order valence-electron chi connectivity index (χ3n) is 4.77. The summed E-state index contributed by atoms with van der Waals surface area (Å²) >= 11 is 5.99. The molecule has 0 aliphatic carbocycles. The van der Waals surface area contributed by atoms with Crippen LogP contribution in [-0.2, 0) is 6.42 Å². The Bertz CT molecular complexity index is 901. The summed E-state index contributed by atoms with van der Waals surface area (Å²) in [6.07, 6.45) is 4.24. The molecule has 1 aliphatic heterocycles. The van der Waals surface area contributed by atoms with Crippen LogP contribution < -0.4 is 5.32 Å². The number of aromatic nitrogens is 1. The molecule has 1 unspecified atom stereocenters. The molecule has 0 amide bonds. The lowest BCUT2D eigenvalue weighted by Gasteiger charge is -2.24. The zero-order valence-corrected chi connectivity index (χ0v) is 15.3. The number of nitrogens with zero attached hydrogens (tertiary/aromatic N) is 1. The Hall–Kier alpha value is -2.42. The molecule has 0 radical (unpaired) electrons. The molecule has 0 bridgehead atoms. The van der Waals surface area contributed by atoms with Crippen molar-refractivity contribution in [1.82, 2.24) is 10.3 Å². The molecule has 0 saturated carbocycles. The Kier molecular flexibility index (Phi) is 5.14. The van der Waals surface area contributed by atoms with Crippen LogP contribution in [0.2, 0.25) is 5.02 Å². The number of pyridine rings is 1. The summed E-state index contributed by atoms with van der Waals surface area (Å²) < 4.78 is 0. The van der Waals surface area contributed by atoms with Crippen LogP contribution in [0.3, 0.4) is 0 Å². The van der Waals surface area contributed by atoms with E-state index in [2.05, 4.69) is 59.9 Å². The second-order valence-electron chi connectivity index (χ2n) is 6.63. The number of hydrogen-bond donors (Lipinski definition) is 1. The Labute approximate surface area is 159 Å². The van der Waals surface area contributed by atoms with E-state index in [-0.39, 0.29) is 0 Å². The quantitative estimate of drug-likeness (QED) is 0.674. The van der Waals surface area contributed by atoms with Crippen molar-refractivity contribution in [3.63, 3.8) is 0 Å². The Balaban J connectivity index is 1.48. The molecule has 130 valence electrons. The van der Waals surface area contributed by atoms with Gasteiger partial charge in [0.1, 0.15) is 0 Å². The molecule has 1 aliphatic rings. The van der Waals surface area contributed by atoms with Gasteiger partial charge in [0.2, 0.25) is 0 Å². The predicted molar refractivity (Wildman–Crippen MR) is 109 cm³/mol. The van der Waals surface area contributed by atoms with E-state index in [9.17, 15) is 0 Å². The molecule has 2 aromatic carbocycles. The van der Waals surface area contributed by atoms with Crippen LogP contribution in [0.25, 0.3) is 16.8 Å². The van der Waals surface area contributed by atoms with Gasteiger partial charge in [0, 0.05) is 35.3 Å². The molecule has 2 nitrogen and oxygen atoms in total. The fourth-order valence-corrected chi connectivity index (χ4v) is 3.56. The fraction of sp³-hybridized carbons (Fsp3) is 0.174. The van der Waals surface area contributed by atoms with E-state index >= 15 is 0 Å². The minimum Gasteiger partial charge on any atom is -0.310 e. The van der Waals surface area contributed by atoms with Crippen LogP contribution in [0.5, 0.6) is 0 Å². The maximum absolute atomic E-state index is 5.99. The first-order valence-electron chi connectivity index (χ1n) is 8.98. The SMILES string of the molecule is Clc1ccc(-c2cccc(CC3CC(c4ccccc4)=CCN3)n2)cc1. The lowest BCUT2D eigenvalue weighted by molar-refractivity contribution is 0.528. The first-order valence-corrected chi connectivity index (χ1v) is 9.35. The lowest BCUT2D eigenvalue weighted by atomic mass is 9.93. The van der Waals surface area contributed by atoms with Crippen LogP contribution in [0, 0.1) is 0 Å². The smallest absolute Gasteiger partial charge is 0.0705 e. The molecule has 0 spiro atoms. The Morgan fingerprint density at radius 1 is 0.885 bits per heavy atom. The van der Waals surface area contributed by atoms with Crippen molar-refractivity contribution >= 4 is 17.2 Å². The van der Waals surface area contributed by atoms with Gasteiger partial charge in [-0.1, -0.05) is 66.2 Å². The van der Waals surface area contributed by atoms with Crippen LogP contribution in [0.15, 0.2) is 78.9 Å². The molecule has 26 heavy (non-hydrogen) atoms. The van der Waals surface area contributed by atoms with Gasteiger partial charge < -0.3 is 5.32 Å². The highest BCUT2D eigenvalue weighted by Crippen LogP contribution is 2.24. The summed E-state index contributed by atoms with van der Waals surface area (Å²) in [6, 6.07) is 25.2. The highest BCUT2D eigenvalue weighted by Gasteiger charge is 2.17. The van der Waals surface area contributed by atoms with Gasteiger partial charge >= 0.3 is 0 Å². The number of hydrogen-bond acceptors (Lipinski definition) is 2. The molecule has 0 fully saturated rings. The van der Waals surface area contributed by atoms with Gasteiger partial charge in [-0.05, 0) is 41.8 Å². The highest BCUT2D eigenvalue weighted by atomic mass is 35.5. The molecule has 2 heterocycles. The highest BCUT2D eigenvalue weighted by molar-refractivity contribution is 6.30. The Morgan fingerprint density at radius 3 is 2.50 bits per heavy atom. The summed E-state index contributed by atoms with van der Waals surface area (Å²) in [7, 11) is 0. The molecule has 3 aromatic rings. The van der Waals surface area contributed by atoms with Crippen molar-refractivity contribution in [2.75, 3.05) is 6.54 Å². The van der Waals surface area contributed by atoms with Crippen molar-refractivity contribution in [2.24, 2.45) is 0 Å². The van der Waals surface area contributed by atoms with Crippen LogP contribution in [0.4, 0.5) is 0 Å². The Morgan fingerprint density at radius 2 is 1.69 bits per heavy atom. The second-order valence-corrected chi connectivity index (χ2v) is 7.07. The van der Waals surface area contributed by atoms with Gasteiger partial charge in [-0.15, -0.1) is 0 Å². The summed E-state index contributed by atoms with van der Waals surface area (Å²) in [6.45, 7) is 0.909. The van der Waals surface area contributed by atoms with E-state index in [1.807, 2.05) is 24.3 Å². The van der Waals surface area contributed by atoms with Gasteiger partial charge in [0.15, 0.2) is 0 Å². The first-order chi connectivity index (χ1) is 12.8. The number of halogens is 1. The summed E-state index contributed by atoms with van der Waals surface area (Å²) in [5.74, 6) is 0. The molecule has 1 aromatic heterocycles. The molecule has 4 rings (SSSR count). The van der Waals surface area contributed by atoms with Crippen molar-refractivity contribution in [2.45, 2.75) is 18.9 Å². The van der Waals surface area contributed by atoms with Gasteiger partial charge in [0.05, 0.1) is 5.69 Å². The van der Waals surface area contributed by atoms with Gasteiger partial charge in [-0.2, -0.15) is 0 Å². The van der Waals surface area contributed by atoms with E-state index in [0.717, 1.165) is 41.4 Å². The van der Waals surface area contributed by atoms with E-state index < -0.39 is 0 Å². The van der Waals surface area contributed by atoms with E-state index in [0.29, 0.717) is 6.04 Å². The number of rotatable bonds is 4. The zero-order chi connectivity index (χ0) is 17.8. The van der Waals surface area contributed by atoms with Crippen LogP contribution >= 0.6 is 11.6 Å². The normalized spacial score (nSPS) is 17.0. The molecule has 0 saturated heterocycles. The second kappa shape index (κ2) is 7.86. The summed E-state index contributed by atoms with van der Waals surface area (Å²) in [5.41, 5.74) is 5.95. The van der Waals surface area contributed by atoms with Gasteiger partial charge in [-0.3, -0.25) is 4.98 Å². The topological polar surface area (TPSA) is 24.9 Å². The maximum Gasteiger partial charge on any atom is 0.0705 e. The van der Waals surface area contributed by atoms with E-state index in [1.165, 1.54) is 11.1 Å². The molecule has 1 N–H and O–H groups in total. The van der Waals surface area contributed by atoms with E-state index in [1.54, 1.807) is 0 Å². The molecular formula is C23H21ClN2. The lowest BCUT2D eigenvalue weighted by Crippen LogP contribution is -2.34. The van der Waals surface area contributed by atoms with Crippen molar-refractivity contribution in [3.05, 3.63) is 95.2 Å². The average molecular weight is 361 g/mol. The summed E-state index contributed by atoms with van der Waals surface area (Å²) in [4.78, 5) is 4.86. The average Bonchev–Trinajstić information content (AvgIpc) is 2.70. The first kappa shape index (κ1) is 17.0. The third kappa shape index (κ3) is 4.04. The van der Waals surface area contributed by atoms with Gasteiger partial charge in [0.25, 0.3) is 0 Å². The minimum atomic E-state index is 0.406. The van der Waals surface area contributed by atoms with Crippen molar-refractivity contribution in [3.8, 4) is 11.3 Å². The standard InChI is InChI=1S/C23H21ClN2/c24-20-11-9-18(10-12-20)23-8-4-7-21(26-23)16-22-15-19(13-14-25-22)17-5-2-1-3-6-17/h1-13,22,25H,14-16H2. The van der Waals surface area contributed by atoms with E-state index in [4.69, 9.17) is 16.6 Å². The van der Waals surface area contributed by atoms with Crippen molar-refractivity contribution < 1.29 is 0 Å². The van der Waals surface area contributed by atoms with Crippen LogP contribution in [-0.4, -0.2) is 17.6 Å². The largest absolute Gasteiger partial charge is 0.310 e. The maximum atomic E-state index is 5.99. The molecule has 1 atom stereocenters. The zero-order valence-electron chi connectivity index (χ0n) is 14.5. The number of nitrogens with one attached hydrogen (secondary N) is 1. The third-order valence-corrected chi connectivity index (χ3v) is 5.02. The summed E-state index contributed by atoms with van der Waals surface area (Å²) in [5, 5.41) is 4.35. The molecule has 3 heteroatoms.